The highest BCUT2D eigenvalue weighted by Gasteiger charge is 2.31. The molecular weight excluding hydrogens is 560 g/mol. The number of hydrogen-bond donors (Lipinski definition) is 2. The summed E-state index contributed by atoms with van der Waals surface area (Å²) >= 11 is 5.92. The third-order valence-electron chi connectivity index (χ3n) is 6.29. The molecule has 1 aliphatic carbocycles. The molecule has 0 saturated heterocycles. The van der Waals surface area contributed by atoms with Crippen LogP contribution in [-0.4, -0.2) is 71.1 Å². The van der Waals surface area contributed by atoms with E-state index in [1.54, 1.807) is 37.3 Å². The lowest BCUT2D eigenvalue weighted by Gasteiger charge is -2.30. The van der Waals surface area contributed by atoms with Gasteiger partial charge in [0.1, 0.15) is 6.61 Å². The second-order valence-corrected chi connectivity index (χ2v) is 11.3. The summed E-state index contributed by atoms with van der Waals surface area (Å²) in [4.78, 5) is 24.7. The number of carbonyl (C=O) groups excluding carboxylic acids is 2. The number of sulfonamides is 1. The molecule has 2 aromatic carbocycles. The van der Waals surface area contributed by atoms with E-state index in [0.29, 0.717) is 23.6 Å². The number of anilines is 1. The molecule has 0 unspecified atom stereocenters. The zero-order chi connectivity index (χ0) is 29.0. The van der Waals surface area contributed by atoms with Crippen LogP contribution in [0.4, 0.5) is 5.95 Å². The Labute approximate surface area is 238 Å². The van der Waals surface area contributed by atoms with Crippen molar-refractivity contribution in [2.45, 2.75) is 50.0 Å². The zero-order valence-electron chi connectivity index (χ0n) is 22.1. The molecule has 40 heavy (non-hydrogen) atoms. The Balaban J connectivity index is 0.000000649. The van der Waals surface area contributed by atoms with Gasteiger partial charge in [0.25, 0.3) is 15.9 Å². The summed E-state index contributed by atoms with van der Waals surface area (Å²) in [5.41, 5.74) is 5.30. The van der Waals surface area contributed by atoms with E-state index >= 15 is 0 Å². The maximum absolute atomic E-state index is 13.4. The van der Waals surface area contributed by atoms with E-state index < -0.39 is 15.9 Å². The number of carbonyl (C=O) groups is 2. The highest BCUT2D eigenvalue weighted by molar-refractivity contribution is 7.89. The van der Waals surface area contributed by atoms with E-state index in [0.717, 1.165) is 30.0 Å². The highest BCUT2D eigenvalue weighted by atomic mass is 35.5. The van der Waals surface area contributed by atoms with E-state index in [4.69, 9.17) is 26.8 Å². The van der Waals surface area contributed by atoms with E-state index in [1.807, 2.05) is 0 Å². The Hall–Kier alpha value is -3.55. The van der Waals surface area contributed by atoms with Crippen LogP contribution >= 0.6 is 11.6 Å². The van der Waals surface area contributed by atoms with Crippen LogP contribution in [0.2, 0.25) is 5.02 Å². The first-order valence-electron chi connectivity index (χ1n) is 12.8. The average Bonchev–Trinajstić information content (AvgIpc) is 3.44. The minimum Gasteiger partial charge on any atom is -0.464 e. The fourth-order valence-electron chi connectivity index (χ4n) is 4.23. The first-order chi connectivity index (χ1) is 19.2. The number of H-pyrrole nitrogens is 1. The third-order valence-corrected chi connectivity index (χ3v) is 8.34. The fourth-order valence-corrected chi connectivity index (χ4v) is 5.76. The molecular formula is C26H33ClN6O6S. The summed E-state index contributed by atoms with van der Waals surface area (Å²) in [7, 11) is -4.05. The van der Waals surface area contributed by atoms with Gasteiger partial charge >= 0.3 is 5.97 Å². The van der Waals surface area contributed by atoms with Crippen LogP contribution in [0.15, 0.2) is 59.5 Å². The first-order valence-corrected chi connectivity index (χ1v) is 14.7. The minimum atomic E-state index is -4.05. The van der Waals surface area contributed by atoms with Gasteiger partial charge in [-0.2, -0.15) is 0 Å². The lowest BCUT2D eigenvalue weighted by atomic mass is 9.85. The quantitative estimate of drug-likeness (QED) is 0.332. The number of nitrogens with one attached hydrogen (secondary N) is 1. The maximum Gasteiger partial charge on any atom is 0.332 e. The number of benzene rings is 2. The molecule has 1 heterocycles. The second kappa shape index (κ2) is 15.3. The van der Waals surface area contributed by atoms with Gasteiger partial charge in [-0.25, -0.2) is 22.6 Å². The molecule has 12 nitrogen and oxygen atoms in total. The van der Waals surface area contributed by atoms with Gasteiger partial charge in [-0.15, -0.1) is 0 Å². The summed E-state index contributed by atoms with van der Waals surface area (Å²) in [6.07, 6.45) is 3.77. The minimum absolute atomic E-state index is 0.0134. The van der Waals surface area contributed by atoms with Crippen LogP contribution in [0.1, 0.15) is 49.4 Å². The highest BCUT2D eigenvalue weighted by Crippen LogP contribution is 2.30. The molecule has 0 atom stereocenters. The number of rotatable bonds is 10. The number of tetrazole rings is 1. The van der Waals surface area contributed by atoms with Crippen molar-refractivity contribution in [1.82, 2.24) is 24.9 Å². The van der Waals surface area contributed by atoms with Crippen molar-refractivity contribution in [1.29, 1.82) is 0 Å². The van der Waals surface area contributed by atoms with Crippen molar-refractivity contribution in [2.75, 3.05) is 25.5 Å². The number of amides is 1. The van der Waals surface area contributed by atoms with Gasteiger partial charge in [0.2, 0.25) is 5.95 Å². The number of halogens is 1. The van der Waals surface area contributed by atoms with Crippen LogP contribution in [0, 0.1) is 5.92 Å². The molecule has 14 heteroatoms. The number of aromatic amines is 1. The third kappa shape index (κ3) is 9.28. The summed E-state index contributed by atoms with van der Waals surface area (Å²) in [6.45, 7) is 2.10. The van der Waals surface area contributed by atoms with Crippen molar-refractivity contribution in [3.63, 3.8) is 0 Å². The maximum atomic E-state index is 13.4. The summed E-state index contributed by atoms with van der Waals surface area (Å²) in [5, 5.41) is 12.4. The summed E-state index contributed by atoms with van der Waals surface area (Å²) in [6, 6.07) is 14.2. The van der Waals surface area contributed by atoms with Crippen molar-refractivity contribution in [3.8, 4) is 0 Å². The molecule has 0 spiro atoms. The number of nitrogens with two attached hydrogens (primary N) is 1. The predicted octanol–water partition coefficient (Wildman–Crippen LogP) is 3.48. The molecule has 3 aromatic rings. The largest absolute Gasteiger partial charge is 0.464 e. The van der Waals surface area contributed by atoms with Crippen LogP contribution in [0.3, 0.4) is 0 Å². The van der Waals surface area contributed by atoms with Crippen molar-refractivity contribution >= 4 is 39.4 Å². The van der Waals surface area contributed by atoms with Crippen LogP contribution in [0.5, 0.6) is 0 Å². The van der Waals surface area contributed by atoms with Gasteiger partial charge in [-0.05, 0) is 91.8 Å². The number of aromatic nitrogens is 4. The average molecular weight is 593 g/mol. The summed E-state index contributed by atoms with van der Waals surface area (Å²) < 4.78 is 38.3. The smallest absolute Gasteiger partial charge is 0.332 e. The van der Waals surface area contributed by atoms with E-state index in [2.05, 4.69) is 20.6 Å². The second-order valence-electron chi connectivity index (χ2n) is 9.04. The molecule has 3 N–H and O–H groups in total. The van der Waals surface area contributed by atoms with Crippen molar-refractivity contribution in [3.05, 3.63) is 65.2 Å². The Morgan fingerprint density at radius 3 is 2.30 bits per heavy atom. The van der Waals surface area contributed by atoms with Gasteiger partial charge in [0.15, 0.2) is 0 Å². The molecule has 0 radical (unpaired) electrons. The Bertz CT molecular complexity index is 1300. The van der Waals surface area contributed by atoms with Crippen molar-refractivity contribution in [2.24, 2.45) is 5.92 Å². The normalized spacial score (nSPS) is 16.9. The Morgan fingerprint density at radius 2 is 1.75 bits per heavy atom. The van der Waals surface area contributed by atoms with Gasteiger partial charge < -0.3 is 15.2 Å². The van der Waals surface area contributed by atoms with Crippen molar-refractivity contribution < 1.29 is 27.5 Å². The van der Waals surface area contributed by atoms with E-state index in [9.17, 15) is 18.0 Å². The van der Waals surface area contributed by atoms with Gasteiger partial charge in [0, 0.05) is 17.1 Å². The van der Waals surface area contributed by atoms with Crippen LogP contribution in [-0.2, 0) is 24.3 Å². The Kier molecular flexibility index (Phi) is 11.8. The molecule has 1 amide bonds. The molecule has 0 aliphatic heterocycles. The molecule has 216 valence electrons. The van der Waals surface area contributed by atoms with Gasteiger partial charge in [0.05, 0.1) is 17.6 Å². The van der Waals surface area contributed by atoms with E-state index in [1.165, 1.54) is 24.3 Å². The molecule has 1 aromatic heterocycles. The van der Waals surface area contributed by atoms with Crippen LogP contribution in [0.25, 0.3) is 0 Å². The first kappa shape index (κ1) is 31.0. The predicted molar refractivity (Wildman–Crippen MR) is 148 cm³/mol. The van der Waals surface area contributed by atoms with Gasteiger partial charge in [-0.1, -0.05) is 34.9 Å². The monoisotopic (exact) mass is 592 g/mol. The fraction of sp³-hybridized carbons (Fsp3) is 0.423. The molecule has 1 fully saturated rings. The molecule has 1 saturated carbocycles. The lowest BCUT2D eigenvalue weighted by Crippen LogP contribution is -2.38. The number of nitrogen functional groups attached to an aromatic ring is 1. The standard InChI is InChI=1S/C25H30ClNO6S.CH3N5/c1-2-32-24(28)18-33-22-12-8-19(9-13-22)16-17-27(25(29)20-6-4-3-5-7-20)34(30,31)23-14-10-21(26)11-15-23;2-1-3-5-6-4-1/h3-7,10-11,14-15,19,22H,2,8-9,12-13,16-18H2,1H3;(H3,2,3,4,5,6)/t19-,22-;. The SMILES string of the molecule is CCOC(=O)CO[C@H]1CC[C@H](CCN(C(=O)c2ccccc2)S(=O)(=O)c2ccc(Cl)cc2)CC1.Nc1nnn[nH]1. The molecule has 4 rings (SSSR count). The number of ether oxygens (including phenoxy) is 2. The topological polar surface area (TPSA) is 170 Å². The number of esters is 1. The lowest BCUT2D eigenvalue weighted by molar-refractivity contribution is -0.151. The van der Waals surface area contributed by atoms with Gasteiger partial charge in [-0.3, -0.25) is 4.79 Å². The Morgan fingerprint density at radius 1 is 1.07 bits per heavy atom. The van der Waals surface area contributed by atoms with Crippen LogP contribution < -0.4 is 5.73 Å². The number of nitrogens with zero attached hydrogens (tertiary/aromatic N) is 4. The number of hydrogen-bond acceptors (Lipinski definition) is 10. The molecule has 1 aliphatic rings. The van der Waals surface area contributed by atoms with E-state index in [-0.39, 0.29) is 42.0 Å². The zero-order valence-corrected chi connectivity index (χ0v) is 23.7. The molecule has 0 bridgehead atoms. The summed E-state index contributed by atoms with van der Waals surface area (Å²) in [5.74, 6) is -0.418.